The summed E-state index contributed by atoms with van der Waals surface area (Å²) in [6, 6.07) is 6.57. The lowest BCUT2D eigenvalue weighted by atomic mass is 10.2. The highest BCUT2D eigenvalue weighted by atomic mass is 32.2. The van der Waals surface area contributed by atoms with Crippen LogP contribution >= 0.6 is 0 Å². The molecule has 0 spiro atoms. The molecule has 0 bridgehead atoms. The van der Waals surface area contributed by atoms with E-state index in [0.717, 1.165) is 5.56 Å². The number of aromatic nitrogens is 2. The summed E-state index contributed by atoms with van der Waals surface area (Å²) >= 11 is 0. The topological polar surface area (TPSA) is 90.0 Å². The molecular weight excluding hydrogens is 288 g/mol. The standard InChI is InChI=1S/C14H16N4O2S/c1-18-11-12(9-16-18)10-17-21(19,20)14-7-3-2-5-13(14)6-4-8-15/h2-3,5,7,9,11,17H,8,10,15H2,1H3. The number of aryl methyl sites for hydroxylation is 1. The van der Waals surface area contributed by atoms with E-state index >= 15 is 0 Å². The number of nitrogens with one attached hydrogen (secondary N) is 1. The maximum atomic E-state index is 12.4. The fraction of sp³-hybridized carbons (Fsp3) is 0.214. The zero-order chi connectivity index (χ0) is 15.3. The third kappa shape index (κ3) is 3.92. The van der Waals surface area contributed by atoms with Gasteiger partial charge in [0.2, 0.25) is 10.0 Å². The molecule has 1 aromatic carbocycles. The van der Waals surface area contributed by atoms with Crippen LogP contribution in [0.2, 0.25) is 0 Å². The average Bonchev–Trinajstić information content (AvgIpc) is 2.89. The van der Waals surface area contributed by atoms with Gasteiger partial charge in [-0.1, -0.05) is 24.0 Å². The summed E-state index contributed by atoms with van der Waals surface area (Å²) in [6.45, 7) is 0.353. The van der Waals surface area contributed by atoms with Gasteiger partial charge in [0.15, 0.2) is 0 Å². The van der Waals surface area contributed by atoms with Gasteiger partial charge in [-0.3, -0.25) is 4.68 Å². The van der Waals surface area contributed by atoms with Crippen molar-refractivity contribution in [1.82, 2.24) is 14.5 Å². The van der Waals surface area contributed by atoms with Crippen molar-refractivity contribution in [3.63, 3.8) is 0 Å². The smallest absolute Gasteiger partial charge is 0.242 e. The van der Waals surface area contributed by atoms with Gasteiger partial charge in [-0.25, -0.2) is 13.1 Å². The van der Waals surface area contributed by atoms with E-state index in [1.165, 1.54) is 6.07 Å². The van der Waals surface area contributed by atoms with Gasteiger partial charge in [-0.15, -0.1) is 0 Å². The molecule has 2 aromatic rings. The first-order chi connectivity index (χ1) is 10.0. The van der Waals surface area contributed by atoms with E-state index in [2.05, 4.69) is 21.7 Å². The van der Waals surface area contributed by atoms with Crippen LogP contribution in [0.4, 0.5) is 0 Å². The molecule has 1 heterocycles. The van der Waals surface area contributed by atoms with Crippen molar-refractivity contribution in [3.05, 3.63) is 47.8 Å². The van der Waals surface area contributed by atoms with Crippen LogP contribution in [-0.2, 0) is 23.6 Å². The van der Waals surface area contributed by atoms with Crippen molar-refractivity contribution in [3.8, 4) is 11.8 Å². The first kappa shape index (κ1) is 15.3. The summed E-state index contributed by atoms with van der Waals surface area (Å²) in [5, 5.41) is 3.99. The van der Waals surface area contributed by atoms with E-state index in [0.29, 0.717) is 5.56 Å². The first-order valence-corrected chi connectivity index (χ1v) is 7.76. The summed E-state index contributed by atoms with van der Waals surface area (Å²) < 4.78 is 28.9. The summed E-state index contributed by atoms with van der Waals surface area (Å²) in [5.74, 6) is 5.44. The molecule has 0 aliphatic heterocycles. The zero-order valence-corrected chi connectivity index (χ0v) is 12.4. The van der Waals surface area contributed by atoms with Crippen LogP contribution in [0.3, 0.4) is 0 Å². The maximum absolute atomic E-state index is 12.4. The Morgan fingerprint density at radius 2 is 2.14 bits per heavy atom. The van der Waals surface area contributed by atoms with E-state index in [-0.39, 0.29) is 18.0 Å². The van der Waals surface area contributed by atoms with Crippen LogP contribution in [0.15, 0.2) is 41.6 Å². The van der Waals surface area contributed by atoms with E-state index in [9.17, 15) is 8.42 Å². The van der Waals surface area contributed by atoms with Crippen molar-refractivity contribution in [1.29, 1.82) is 0 Å². The van der Waals surface area contributed by atoms with Crippen LogP contribution in [0.5, 0.6) is 0 Å². The fourth-order valence-corrected chi connectivity index (χ4v) is 2.95. The monoisotopic (exact) mass is 304 g/mol. The summed E-state index contributed by atoms with van der Waals surface area (Å²) in [5.41, 5.74) is 6.54. The normalized spacial score (nSPS) is 11.0. The lowest BCUT2D eigenvalue weighted by molar-refractivity contribution is 0.581. The number of hydrogen-bond acceptors (Lipinski definition) is 4. The number of benzene rings is 1. The number of hydrogen-bond donors (Lipinski definition) is 2. The van der Waals surface area contributed by atoms with Crippen LogP contribution < -0.4 is 10.5 Å². The number of sulfonamides is 1. The minimum atomic E-state index is -3.64. The molecule has 0 unspecified atom stereocenters. The van der Waals surface area contributed by atoms with Gasteiger partial charge in [-0.2, -0.15) is 5.10 Å². The van der Waals surface area contributed by atoms with Crippen LogP contribution in [0.1, 0.15) is 11.1 Å². The summed E-state index contributed by atoms with van der Waals surface area (Å²) in [7, 11) is -1.87. The minimum Gasteiger partial charge on any atom is -0.320 e. The molecule has 21 heavy (non-hydrogen) atoms. The molecular formula is C14H16N4O2S. The van der Waals surface area contributed by atoms with Crippen LogP contribution in [-0.4, -0.2) is 24.7 Å². The molecule has 0 atom stereocenters. The number of nitrogens with zero attached hydrogens (tertiary/aromatic N) is 2. The Morgan fingerprint density at radius 1 is 1.38 bits per heavy atom. The average molecular weight is 304 g/mol. The van der Waals surface area contributed by atoms with Gasteiger partial charge in [0.25, 0.3) is 0 Å². The molecule has 6 nitrogen and oxygen atoms in total. The van der Waals surface area contributed by atoms with Gasteiger partial charge >= 0.3 is 0 Å². The van der Waals surface area contributed by atoms with Crippen molar-refractivity contribution in [2.45, 2.75) is 11.4 Å². The Hall–Kier alpha value is -2.14. The molecule has 1 aromatic heterocycles. The second-order valence-electron chi connectivity index (χ2n) is 4.35. The molecule has 110 valence electrons. The van der Waals surface area contributed by atoms with Crippen molar-refractivity contribution >= 4 is 10.0 Å². The Bertz CT molecular complexity index is 785. The Labute approximate surface area is 124 Å². The largest absolute Gasteiger partial charge is 0.320 e. The second-order valence-corrected chi connectivity index (χ2v) is 6.08. The number of rotatable bonds is 4. The highest BCUT2D eigenvalue weighted by Gasteiger charge is 2.17. The molecule has 0 fully saturated rings. The second kappa shape index (κ2) is 6.54. The quantitative estimate of drug-likeness (QED) is 0.790. The van der Waals surface area contributed by atoms with E-state index in [1.807, 2.05) is 0 Å². The zero-order valence-electron chi connectivity index (χ0n) is 11.6. The molecule has 0 saturated carbocycles. The van der Waals surface area contributed by atoms with Crippen LogP contribution in [0.25, 0.3) is 0 Å². The Morgan fingerprint density at radius 3 is 2.81 bits per heavy atom. The van der Waals surface area contributed by atoms with E-state index in [4.69, 9.17) is 5.73 Å². The molecule has 0 aliphatic carbocycles. The Kier molecular flexibility index (Phi) is 4.75. The van der Waals surface area contributed by atoms with Gasteiger partial charge in [0.05, 0.1) is 17.6 Å². The molecule has 3 N–H and O–H groups in total. The molecule has 7 heteroatoms. The SMILES string of the molecule is Cn1cc(CNS(=O)(=O)c2ccccc2C#CCN)cn1. The van der Waals surface area contributed by atoms with E-state index in [1.54, 1.807) is 42.3 Å². The van der Waals surface area contributed by atoms with Gasteiger partial charge in [0, 0.05) is 30.9 Å². The minimum absolute atomic E-state index is 0.148. The van der Waals surface area contributed by atoms with Gasteiger partial charge in [0.1, 0.15) is 0 Å². The highest BCUT2D eigenvalue weighted by Crippen LogP contribution is 2.14. The molecule has 0 aliphatic rings. The van der Waals surface area contributed by atoms with E-state index < -0.39 is 10.0 Å². The Balaban J connectivity index is 2.23. The molecule has 0 radical (unpaired) electrons. The molecule has 0 amide bonds. The molecule has 0 saturated heterocycles. The summed E-state index contributed by atoms with van der Waals surface area (Å²) in [6.07, 6.45) is 3.37. The predicted octanol–water partition coefficient (Wildman–Crippen LogP) is 0.209. The first-order valence-electron chi connectivity index (χ1n) is 6.28. The maximum Gasteiger partial charge on any atom is 0.242 e. The lowest BCUT2D eigenvalue weighted by Gasteiger charge is -2.07. The van der Waals surface area contributed by atoms with Gasteiger partial charge in [-0.05, 0) is 12.1 Å². The highest BCUT2D eigenvalue weighted by molar-refractivity contribution is 7.89. The van der Waals surface area contributed by atoms with Crippen molar-refractivity contribution in [2.24, 2.45) is 12.8 Å². The third-order valence-electron chi connectivity index (χ3n) is 2.73. The van der Waals surface area contributed by atoms with Crippen LogP contribution in [0, 0.1) is 11.8 Å². The lowest BCUT2D eigenvalue weighted by Crippen LogP contribution is -2.23. The predicted molar refractivity (Wildman–Crippen MR) is 79.6 cm³/mol. The number of nitrogens with two attached hydrogens (primary N) is 1. The summed E-state index contributed by atoms with van der Waals surface area (Å²) in [4.78, 5) is 0.148. The van der Waals surface area contributed by atoms with Crippen molar-refractivity contribution in [2.75, 3.05) is 6.54 Å². The molecule has 2 rings (SSSR count). The van der Waals surface area contributed by atoms with Gasteiger partial charge < -0.3 is 5.73 Å². The van der Waals surface area contributed by atoms with Crippen molar-refractivity contribution < 1.29 is 8.42 Å². The third-order valence-corrected chi connectivity index (χ3v) is 4.19. The fourth-order valence-electron chi connectivity index (χ4n) is 1.77.